The molecule has 104 valence electrons. The second-order valence-corrected chi connectivity index (χ2v) is 3.41. The molecule has 1 aromatic carbocycles. The number of halogens is 3. The van der Waals surface area contributed by atoms with Gasteiger partial charge in [0.2, 0.25) is 0 Å². The summed E-state index contributed by atoms with van der Waals surface area (Å²) in [5.74, 6) is -1.85. The summed E-state index contributed by atoms with van der Waals surface area (Å²) in [6.07, 6.45) is -5.02. The molecule has 0 bridgehead atoms. The first-order valence-corrected chi connectivity index (χ1v) is 4.79. The van der Waals surface area contributed by atoms with Gasteiger partial charge in [-0.2, -0.15) is 0 Å². The average molecular weight is 279 g/mol. The molecule has 0 radical (unpaired) electrons. The largest absolute Gasteiger partial charge is 0.573 e. The lowest BCUT2D eigenvalue weighted by Gasteiger charge is -2.11. The lowest BCUT2D eigenvalue weighted by Crippen LogP contribution is -2.18. The zero-order valence-electron chi connectivity index (χ0n) is 9.78. The zero-order chi connectivity index (χ0) is 14.8. The summed E-state index contributed by atoms with van der Waals surface area (Å²) in [5.41, 5.74) is -1.13. The molecule has 0 aliphatic heterocycles. The van der Waals surface area contributed by atoms with E-state index in [2.05, 4.69) is 9.47 Å². The summed E-state index contributed by atoms with van der Waals surface area (Å²) in [4.78, 5) is 21.2. The first-order valence-electron chi connectivity index (χ1n) is 4.79. The van der Waals surface area contributed by atoms with Crippen LogP contribution in [0.3, 0.4) is 0 Å². The van der Waals surface area contributed by atoms with Gasteiger partial charge in [0, 0.05) is 5.56 Å². The predicted octanol–water partition coefficient (Wildman–Crippen LogP) is 2.59. The van der Waals surface area contributed by atoms with Crippen molar-refractivity contribution in [1.82, 2.24) is 0 Å². The number of methoxy groups -OCH3 is 1. The number of carbonyl (C=O) groups is 1. The number of alkyl halides is 3. The summed E-state index contributed by atoms with van der Waals surface area (Å²) >= 11 is 0. The van der Waals surface area contributed by atoms with Crippen molar-refractivity contribution in [3.63, 3.8) is 0 Å². The number of hydrogen-bond donors (Lipinski definition) is 0. The molecule has 0 atom stereocenters. The summed E-state index contributed by atoms with van der Waals surface area (Å²) in [6.45, 7) is 1.22. The van der Waals surface area contributed by atoms with Gasteiger partial charge in [-0.1, -0.05) is 0 Å². The standard InChI is InChI=1S/C10H8F3NO5/c1-5-7(9(15)18-2)3-6(19-10(11,12)13)4-8(5)14(16)17/h3-4H,1-2H3. The molecule has 1 aromatic rings. The Bertz CT molecular complexity index is 527. The van der Waals surface area contributed by atoms with Gasteiger partial charge in [0.1, 0.15) is 5.75 Å². The minimum Gasteiger partial charge on any atom is -0.465 e. The second kappa shape index (κ2) is 5.12. The molecular formula is C10H8F3NO5. The normalized spacial score (nSPS) is 11.0. The maximum atomic E-state index is 12.1. The molecule has 0 saturated heterocycles. The maximum absolute atomic E-state index is 12.1. The van der Waals surface area contributed by atoms with Crippen molar-refractivity contribution < 1.29 is 32.4 Å². The smallest absolute Gasteiger partial charge is 0.465 e. The van der Waals surface area contributed by atoms with Gasteiger partial charge in [0.25, 0.3) is 5.69 Å². The molecule has 0 amide bonds. The predicted molar refractivity (Wildman–Crippen MR) is 55.9 cm³/mol. The highest BCUT2D eigenvalue weighted by atomic mass is 19.4. The molecule has 0 aliphatic rings. The molecule has 0 fully saturated rings. The third-order valence-corrected chi connectivity index (χ3v) is 2.19. The Morgan fingerprint density at radius 2 is 1.95 bits per heavy atom. The molecule has 9 heteroatoms. The Morgan fingerprint density at radius 1 is 1.37 bits per heavy atom. The molecule has 1 rings (SSSR count). The fourth-order valence-corrected chi connectivity index (χ4v) is 1.38. The van der Waals surface area contributed by atoms with Gasteiger partial charge in [-0.25, -0.2) is 4.79 Å². The van der Waals surface area contributed by atoms with E-state index in [1.54, 1.807) is 0 Å². The zero-order valence-corrected chi connectivity index (χ0v) is 9.78. The summed E-state index contributed by atoms with van der Waals surface area (Å²) in [6, 6.07) is 1.33. The van der Waals surface area contributed by atoms with Crippen molar-refractivity contribution in [1.29, 1.82) is 0 Å². The van der Waals surface area contributed by atoms with E-state index in [-0.39, 0.29) is 11.1 Å². The van der Waals surface area contributed by atoms with Crippen molar-refractivity contribution in [2.24, 2.45) is 0 Å². The Labute approximate surface area is 104 Å². The number of ether oxygens (including phenoxy) is 2. The number of nitrogens with zero attached hydrogens (tertiary/aromatic N) is 1. The molecule has 0 heterocycles. The van der Waals surface area contributed by atoms with Gasteiger partial charge in [0.05, 0.1) is 23.7 Å². The molecule has 19 heavy (non-hydrogen) atoms. The summed E-state index contributed by atoms with van der Waals surface area (Å²) < 4.78 is 44.2. The van der Waals surface area contributed by atoms with Gasteiger partial charge >= 0.3 is 12.3 Å². The van der Waals surface area contributed by atoms with Crippen molar-refractivity contribution in [3.05, 3.63) is 33.4 Å². The lowest BCUT2D eigenvalue weighted by atomic mass is 10.1. The van der Waals surface area contributed by atoms with Crippen molar-refractivity contribution >= 4 is 11.7 Å². The minimum atomic E-state index is -5.02. The van der Waals surface area contributed by atoms with Crippen LogP contribution in [0.1, 0.15) is 15.9 Å². The quantitative estimate of drug-likeness (QED) is 0.482. The van der Waals surface area contributed by atoms with Gasteiger partial charge in [-0.3, -0.25) is 10.1 Å². The van der Waals surface area contributed by atoms with Gasteiger partial charge in [0.15, 0.2) is 0 Å². The SMILES string of the molecule is COC(=O)c1cc(OC(F)(F)F)cc([N+](=O)[O-])c1C. The first-order chi connectivity index (χ1) is 8.65. The lowest BCUT2D eigenvalue weighted by molar-refractivity contribution is -0.385. The second-order valence-electron chi connectivity index (χ2n) is 3.41. The van der Waals surface area contributed by atoms with Gasteiger partial charge in [-0.05, 0) is 13.0 Å². The van der Waals surface area contributed by atoms with E-state index in [0.717, 1.165) is 13.2 Å². The van der Waals surface area contributed by atoms with Crippen LogP contribution >= 0.6 is 0 Å². The van der Waals surface area contributed by atoms with Crippen molar-refractivity contribution in [3.8, 4) is 5.75 Å². The van der Waals surface area contributed by atoms with Crippen LogP contribution < -0.4 is 4.74 Å². The molecular weight excluding hydrogens is 271 g/mol. The number of benzene rings is 1. The number of hydrogen-bond acceptors (Lipinski definition) is 5. The number of nitro groups is 1. The summed E-state index contributed by atoms with van der Waals surface area (Å²) in [5, 5.41) is 10.7. The molecule has 0 unspecified atom stereocenters. The van der Waals surface area contributed by atoms with E-state index >= 15 is 0 Å². The third kappa shape index (κ3) is 3.57. The van der Waals surface area contributed by atoms with Gasteiger partial charge < -0.3 is 9.47 Å². The van der Waals surface area contributed by atoms with E-state index in [9.17, 15) is 28.1 Å². The third-order valence-electron chi connectivity index (χ3n) is 2.19. The van der Waals surface area contributed by atoms with E-state index in [1.807, 2.05) is 0 Å². The van der Waals surface area contributed by atoms with Crippen molar-refractivity contribution in [2.75, 3.05) is 7.11 Å². The van der Waals surface area contributed by atoms with E-state index < -0.39 is 28.7 Å². The van der Waals surface area contributed by atoms with Crippen LogP contribution in [0.15, 0.2) is 12.1 Å². The summed E-state index contributed by atoms with van der Waals surface area (Å²) in [7, 11) is 1.00. The molecule has 0 spiro atoms. The molecule has 0 N–H and O–H groups in total. The number of esters is 1. The Kier molecular flexibility index (Phi) is 3.98. The van der Waals surface area contributed by atoms with E-state index in [4.69, 9.17) is 0 Å². The van der Waals surface area contributed by atoms with Crippen LogP contribution in [0.25, 0.3) is 0 Å². The fraction of sp³-hybridized carbons (Fsp3) is 0.300. The van der Waals surface area contributed by atoms with Crippen molar-refractivity contribution in [2.45, 2.75) is 13.3 Å². The molecule has 0 aliphatic carbocycles. The average Bonchev–Trinajstić information content (AvgIpc) is 2.27. The van der Waals surface area contributed by atoms with Crippen LogP contribution in [0.4, 0.5) is 18.9 Å². The minimum absolute atomic E-state index is 0.105. The number of rotatable bonds is 3. The molecule has 0 saturated carbocycles. The highest BCUT2D eigenvalue weighted by molar-refractivity contribution is 5.92. The topological polar surface area (TPSA) is 78.7 Å². The Balaban J connectivity index is 3.39. The molecule has 6 nitrogen and oxygen atoms in total. The monoisotopic (exact) mass is 279 g/mol. The van der Waals surface area contributed by atoms with E-state index in [1.165, 1.54) is 6.92 Å². The number of nitro benzene ring substituents is 1. The van der Waals surface area contributed by atoms with Crippen LogP contribution in [-0.4, -0.2) is 24.4 Å². The Hall–Kier alpha value is -2.32. The first kappa shape index (κ1) is 14.7. The van der Waals surface area contributed by atoms with Crippen LogP contribution in [-0.2, 0) is 4.74 Å². The Morgan fingerprint density at radius 3 is 2.37 bits per heavy atom. The maximum Gasteiger partial charge on any atom is 0.573 e. The number of carbonyl (C=O) groups excluding carboxylic acids is 1. The van der Waals surface area contributed by atoms with Crippen LogP contribution in [0.2, 0.25) is 0 Å². The van der Waals surface area contributed by atoms with Gasteiger partial charge in [-0.15, -0.1) is 13.2 Å². The van der Waals surface area contributed by atoms with E-state index in [0.29, 0.717) is 6.07 Å². The van der Waals surface area contributed by atoms with Crippen LogP contribution in [0.5, 0.6) is 5.75 Å². The molecule has 0 aromatic heterocycles. The van der Waals surface area contributed by atoms with Crippen LogP contribution in [0, 0.1) is 17.0 Å². The highest BCUT2D eigenvalue weighted by Gasteiger charge is 2.33. The highest BCUT2D eigenvalue weighted by Crippen LogP contribution is 2.31. The fourth-order valence-electron chi connectivity index (χ4n) is 1.38.